The second kappa shape index (κ2) is 7.89. The lowest BCUT2D eigenvalue weighted by atomic mass is 10.1. The summed E-state index contributed by atoms with van der Waals surface area (Å²) in [6.45, 7) is 5.91. The summed E-state index contributed by atoms with van der Waals surface area (Å²) in [6, 6.07) is 15.4. The first-order valence-electron chi connectivity index (χ1n) is 9.69. The van der Waals surface area contributed by atoms with Crippen LogP contribution in [0.3, 0.4) is 0 Å². The molecule has 1 aromatic heterocycles. The molecule has 0 spiro atoms. The number of anilines is 1. The van der Waals surface area contributed by atoms with E-state index >= 15 is 0 Å². The fourth-order valence-corrected chi connectivity index (χ4v) is 3.86. The van der Waals surface area contributed by atoms with Gasteiger partial charge in [0.1, 0.15) is 5.57 Å². The van der Waals surface area contributed by atoms with Gasteiger partial charge in [-0.05, 0) is 80.4 Å². The third kappa shape index (κ3) is 3.78. The number of aryl methyl sites for hydroxylation is 2. The van der Waals surface area contributed by atoms with E-state index in [-0.39, 0.29) is 5.57 Å². The molecular weight excluding hydrogens is 414 g/mol. The molecule has 1 aliphatic heterocycles. The van der Waals surface area contributed by atoms with Crippen LogP contribution in [-0.4, -0.2) is 22.4 Å². The van der Waals surface area contributed by atoms with Gasteiger partial charge in [-0.2, -0.15) is 0 Å². The maximum absolute atomic E-state index is 13.1. The number of halogens is 1. The summed E-state index contributed by atoms with van der Waals surface area (Å²) < 4.78 is 2.06. The van der Waals surface area contributed by atoms with Crippen LogP contribution < -0.4 is 10.2 Å². The van der Waals surface area contributed by atoms with Crippen molar-refractivity contribution in [2.45, 2.75) is 20.8 Å². The standard InChI is InChI=1S/C24H20ClN3O3/c1-14-5-4-6-20(11-14)27-15(2)12-17(16(27)3)13-21-22(29)26-24(31)28(23(21)30)19-9-7-18(25)8-10-19/h4-13H,1-3H3,(H,26,29,31)/b21-13+. The van der Waals surface area contributed by atoms with Crippen molar-refractivity contribution < 1.29 is 14.4 Å². The molecular formula is C24H20ClN3O3. The largest absolute Gasteiger partial charge is 0.335 e. The minimum absolute atomic E-state index is 0.112. The Morgan fingerprint density at radius 2 is 1.61 bits per heavy atom. The van der Waals surface area contributed by atoms with Crippen molar-refractivity contribution in [3.8, 4) is 5.69 Å². The number of urea groups is 1. The first kappa shape index (κ1) is 20.6. The molecule has 2 heterocycles. The molecule has 7 heteroatoms. The van der Waals surface area contributed by atoms with Gasteiger partial charge in [0.15, 0.2) is 0 Å². The lowest BCUT2D eigenvalue weighted by Crippen LogP contribution is -2.54. The molecule has 4 rings (SSSR count). The average molecular weight is 434 g/mol. The molecule has 1 saturated heterocycles. The topological polar surface area (TPSA) is 71.4 Å². The lowest BCUT2D eigenvalue weighted by molar-refractivity contribution is -0.122. The van der Waals surface area contributed by atoms with Gasteiger partial charge in [0.25, 0.3) is 11.8 Å². The Morgan fingerprint density at radius 1 is 0.903 bits per heavy atom. The Hall–Kier alpha value is -3.64. The molecule has 0 aliphatic carbocycles. The van der Waals surface area contributed by atoms with Gasteiger partial charge in [0, 0.05) is 22.1 Å². The molecule has 1 fully saturated rings. The molecule has 1 N–H and O–H groups in total. The van der Waals surface area contributed by atoms with Crippen LogP contribution in [0.2, 0.25) is 5.02 Å². The zero-order valence-corrected chi connectivity index (χ0v) is 18.0. The zero-order valence-electron chi connectivity index (χ0n) is 17.3. The molecule has 31 heavy (non-hydrogen) atoms. The van der Waals surface area contributed by atoms with E-state index in [2.05, 4.69) is 16.0 Å². The van der Waals surface area contributed by atoms with Crippen molar-refractivity contribution in [1.29, 1.82) is 0 Å². The second-order valence-corrected chi connectivity index (χ2v) is 7.87. The molecule has 6 nitrogen and oxygen atoms in total. The highest BCUT2D eigenvalue weighted by Gasteiger charge is 2.37. The lowest BCUT2D eigenvalue weighted by Gasteiger charge is -2.26. The van der Waals surface area contributed by atoms with Crippen LogP contribution in [0.15, 0.2) is 60.2 Å². The highest BCUT2D eigenvalue weighted by molar-refractivity contribution is 6.39. The number of hydrogen-bond donors (Lipinski definition) is 1. The van der Waals surface area contributed by atoms with E-state index in [1.807, 2.05) is 45.0 Å². The molecule has 0 saturated carbocycles. The Balaban J connectivity index is 1.76. The molecule has 3 aromatic rings. The predicted molar refractivity (Wildman–Crippen MR) is 120 cm³/mol. The number of aromatic nitrogens is 1. The number of rotatable bonds is 3. The molecule has 1 aliphatic rings. The summed E-state index contributed by atoms with van der Waals surface area (Å²) in [4.78, 5) is 38.9. The van der Waals surface area contributed by atoms with Crippen molar-refractivity contribution in [2.24, 2.45) is 0 Å². The van der Waals surface area contributed by atoms with Crippen molar-refractivity contribution in [2.75, 3.05) is 4.90 Å². The van der Waals surface area contributed by atoms with Crippen LogP contribution in [0.25, 0.3) is 11.8 Å². The average Bonchev–Trinajstić information content (AvgIpc) is 2.99. The maximum Gasteiger partial charge on any atom is 0.335 e. The fourth-order valence-electron chi connectivity index (χ4n) is 3.74. The summed E-state index contributed by atoms with van der Waals surface area (Å²) >= 11 is 5.91. The molecule has 4 amide bonds. The molecule has 0 atom stereocenters. The van der Waals surface area contributed by atoms with E-state index in [9.17, 15) is 14.4 Å². The van der Waals surface area contributed by atoms with Gasteiger partial charge in [0.05, 0.1) is 5.69 Å². The zero-order chi connectivity index (χ0) is 22.3. The predicted octanol–water partition coefficient (Wildman–Crippen LogP) is 4.72. The van der Waals surface area contributed by atoms with Crippen LogP contribution in [0.5, 0.6) is 0 Å². The van der Waals surface area contributed by atoms with Crippen LogP contribution in [0.1, 0.15) is 22.5 Å². The highest BCUT2D eigenvalue weighted by atomic mass is 35.5. The quantitative estimate of drug-likeness (QED) is 0.479. The Morgan fingerprint density at radius 3 is 2.29 bits per heavy atom. The first-order chi connectivity index (χ1) is 14.8. The number of amides is 4. The van der Waals surface area contributed by atoms with Crippen LogP contribution in [0, 0.1) is 20.8 Å². The molecule has 0 radical (unpaired) electrons. The van der Waals surface area contributed by atoms with Crippen molar-refractivity contribution >= 4 is 41.2 Å². The number of hydrogen-bond acceptors (Lipinski definition) is 3. The van der Waals surface area contributed by atoms with Crippen LogP contribution in [0.4, 0.5) is 10.5 Å². The highest BCUT2D eigenvalue weighted by Crippen LogP contribution is 2.27. The van der Waals surface area contributed by atoms with Crippen molar-refractivity contribution in [3.63, 3.8) is 0 Å². The van der Waals surface area contributed by atoms with Crippen LogP contribution in [-0.2, 0) is 9.59 Å². The Bertz CT molecular complexity index is 1260. The summed E-state index contributed by atoms with van der Waals surface area (Å²) in [6.07, 6.45) is 1.53. The molecule has 2 aromatic carbocycles. The Labute approximate surface area is 184 Å². The summed E-state index contributed by atoms with van der Waals surface area (Å²) in [5, 5.41) is 2.72. The number of carbonyl (C=O) groups is 3. The minimum atomic E-state index is -0.792. The van der Waals surface area contributed by atoms with Gasteiger partial charge in [0.2, 0.25) is 0 Å². The number of nitrogens with zero attached hydrogens (tertiary/aromatic N) is 2. The first-order valence-corrected chi connectivity index (χ1v) is 10.1. The van der Waals surface area contributed by atoms with E-state index < -0.39 is 17.8 Å². The van der Waals surface area contributed by atoms with Gasteiger partial charge in [-0.3, -0.25) is 14.9 Å². The summed E-state index contributed by atoms with van der Waals surface area (Å²) in [5.41, 5.74) is 4.91. The van der Waals surface area contributed by atoms with E-state index in [4.69, 9.17) is 11.6 Å². The number of imide groups is 2. The number of barbiturate groups is 1. The van der Waals surface area contributed by atoms with Gasteiger partial charge in [-0.1, -0.05) is 23.7 Å². The maximum atomic E-state index is 13.1. The second-order valence-electron chi connectivity index (χ2n) is 7.44. The third-order valence-corrected chi connectivity index (χ3v) is 5.47. The van der Waals surface area contributed by atoms with Gasteiger partial charge < -0.3 is 4.57 Å². The van der Waals surface area contributed by atoms with Gasteiger partial charge in [-0.15, -0.1) is 0 Å². The summed E-state index contributed by atoms with van der Waals surface area (Å²) in [5.74, 6) is -1.41. The SMILES string of the molecule is Cc1cccc(-n2c(C)cc(/C=C3\C(=O)NC(=O)N(c4ccc(Cl)cc4)C3=O)c2C)c1. The fraction of sp³-hybridized carbons (Fsp3) is 0.125. The van der Waals surface area contributed by atoms with Crippen LogP contribution >= 0.6 is 11.6 Å². The third-order valence-electron chi connectivity index (χ3n) is 5.22. The molecule has 156 valence electrons. The molecule has 0 bridgehead atoms. The normalized spacial score (nSPS) is 15.5. The van der Waals surface area contributed by atoms with E-state index in [0.29, 0.717) is 10.7 Å². The van der Waals surface area contributed by atoms with E-state index in [0.717, 1.165) is 33.1 Å². The minimum Gasteiger partial charge on any atom is -0.318 e. The van der Waals surface area contributed by atoms with Crippen molar-refractivity contribution in [3.05, 3.63) is 87.7 Å². The number of carbonyl (C=O) groups excluding carboxylic acids is 3. The summed E-state index contributed by atoms with van der Waals surface area (Å²) in [7, 11) is 0. The molecule has 0 unspecified atom stereocenters. The van der Waals surface area contributed by atoms with E-state index in [1.54, 1.807) is 24.3 Å². The van der Waals surface area contributed by atoms with Crippen molar-refractivity contribution in [1.82, 2.24) is 9.88 Å². The Kier molecular flexibility index (Phi) is 5.25. The smallest absolute Gasteiger partial charge is 0.318 e. The van der Waals surface area contributed by atoms with E-state index in [1.165, 1.54) is 6.08 Å². The number of benzene rings is 2. The number of nitrogens with one attached hydrogen (secondary N) is 1. The van der Waals surface area contributed by atoms with Gasteiger partial charge >= 0.3 is 6.03 Å². The monoisotopic (exact) mass is 433 g/mol. The van der Waals surface area contributed by atoms with Gasteiger partial charge in [-0.25, -0.2) is 9.69 Å².